The number of hydrogen-bond donors (Lipinski definition) is 0. The first-order chi connectivity index (χ1) is 18.7. The van der Waals surface area contributed by atoms with E-state index in [0.29, 0.717) is 28.7 Å². The fourth-order valence-electron chi connectivity index (χ4n) is 5.90. The van der Waals surface area contributed by atoms with E-state index in [1.54, 1.807) is 12.1 Å². The molecule has 3 aromatic rings. The number of nitrogens with zero attached hydrogens (tertiary/aromatic N) is 2. The number of rotatable bonds is 8. The van der Waals surface area contributed by atoms with Crippen molar-refractivity contribution in [3.05, 3.63) is 89.8 Å². The Bertz CT molecular complexity index is 1380. The highest BCUT2D eigenvalue weighted by Crippen LogP contribution is 2.49. The zero-order valence-corrected chi connectivity index (χ0v) is 22.2. The Labute approximate surface area is 226 Å². The zero-order valence-electron chi connectivity index (χ0n) is 23.2. The van der Waals surface area contributed by atoms with Crippen molar-refractivity contribution in [2.45, 2.75) is 39.1 Å². The molecule has 0 radical (unpaired) electrons. The topological polar surface area (TPSA) is 40.6 Å². The minimum Gasteiger partial charge on any atom is -0.378 e. The Morgan fingerprint density at radius 3 is 2.21 bits per heavy atom. The number of carbonyl (C=O) groups excluding carboxylic acids is 2. The minimum absolute atomic E-state index is 0.113. The summed E-state index contributed by atoms with van der Waals surface area (Å²) in [4.78, 5) is 29.0. The van der Waals surface area contributed by atoms with Crippen LogP contribution in [-0.4, -0.2) is 25.8 Å². The van der Waals surface area contributed by atoms with Gasteiger partial charge in [0.2, 0.25) is 5.91 Å². The van der Waals surface area contributed by atoms with E-state index >= 15 is 0 Å². The van der Waals surface area contributed by atoms with Crippen molar-refractivity contribution in [3.63, 3.8) is 0 Å². The van der Waals surface area contributed by atoms with E-state index in [9.17, 15) is 15.4 Å². The molecule has 2 aliphatic carbocycles. The number of amides is 1. The number of anilines is 2. The van der Waals surface area contributed by atoms with E-state index in [1.807, 2.05) is 43.3 Å². The number of ketones is 1. The molecule has 38 heavy (non-hydrogen) atoms. The fourth-order valence-corrected chi connectivity index (χ4v) is 5.90. The van der Waals surface area contributed by atoms with E-state index in [4.69, 9.17) is 0 Å². The number of allylic oxidation sites excluding steroid dienone is 1. The summed E-state index contributed by atoms with van der Waals surface area (Å²) in [6, 6.07) is 20.3. The molecular weight excluding hydrogens is 475 g/mol. The molecule has 3 aromatic carbocycles. The predicted octanol–water partition coefficient (Wildman–Crippen LogP) is 7.13. The molecule has 1 amide bonds. The third-order valence-corrected chi connectivity index (χ3v) is 7.89. The molecule has 5 heteroatoms. The second-order valence-electron chi connectivity index (χ2n) is 10.9. The molecule has 0 saturated heterocycles. The Hall–Kier alpha value is -3.73. The van der Waals surface area contributed by atoms with Crippen LogP contribution >= 0.6 is 0 Å². The van der Waals surface area contributed by atoms with Gasteiger partial charge in [-0.25, -0.2) is 4.39 Å². The SMILES string of the molecule is [2H]C(c1ccc(-c2ccc(N(C)C)cc2)cc1)N(C(=O)[C@@H]1C[C@@H]2CC[C@H]1C2)c1cc(F)cc(/C=C/C(C)=O)c1. The molecule has 1 unspecified atom stereocenters. The van der Waals surface area contributed by atoms with Crippen LogP contribution in [0.25, 0.3) is 17.2 Å². The van der Waals surface area contributed by atoms with Gasteiger partial charge < -0.3 is 9.80 Å². The lowest BCUT2D eigenvalue weighted by Crippen LogP contribution is -2.38. The monoisotopic (exact) mass is 511 g/mol. The zero-order chi connectivity index (χ0) is 27.7. The second-order valence-corrected chi connectivity index (χ2v) is 10.9. The quantitative estimate of drug-likeness (QED) is 0.302. The van der Waals surface area contributed by atoms with Gasteiger partial charge in [-0.05, 0) is 96.7 Å². The summed E-state index contributed by atoms with van der Waals surface area (Å²) in [5.74, 6) is -0.0241. The maximum atomic E-state index is 14.8. The highest BCUT2D eigenvalue weighted by Gasteiger charge is 2.44. The molecule has 2 aliphatic rings. The molecule has 0 N–H and O–H groups in total. The van der Waals surface area contributed by atoms with Crippen molar-refractivity contribution in [1.82, 2.24) is 0 Å². The standard InChI is InChI=1S/C33H35FN2O2/c1-22(37)4-5-25-17-29(34)20-31(18-25)36(33(38)32-19-24-8-11-28(32)16-24)21-23-6-9-26(10-7-23)27-12-14-30(15-13-27)35(2)3/h4-7,9-10,12-15,17-18,20,24,28,32H,8,11,16,19,21H2,1-3H3/b5-4+/t24-,28+,32-/m1/s1/i21D/t21?,24-,28+,32-. The van der Waals surface area contributed by atoms with Crippen LogP contribution in [0.3, 0.4) is 0 Å². The van der Waals surface area contributed by atoms with Gasteiger partial charge >= 0.3 is 0 Å². The van der Waals surface area contributed by atoms with E-state index in [-0.39, 0.29) is 17.6 Å². The van der Waals surface area contributed by atoms with Crippen LogP contribution in [0.5, 0.6) is 0 Å². The first kappa shape index (κ1) is 24.6. The van der Waals surface area contributed by atoms with E-state index in [0.717, 1.165) is 42.5 Å². The van der Waals surface area contributed by atoms with Crippen LogP contribution < -0.4 is 9.80 Å². The average molecular weight is 512 g/mol. The van der Waals surface area contributed by atoms with Gasteiger partial charge in [0.25, 0.3) is 0 Å². The molecule has 5 rings (SSSR count). The Kier molecular flexibility index (Phi) is 7.08. The molecule has 4 atom stereocenters. The summed E-state index contributed by atoms with van der Waals surface area (Å²) in [6.45, 7) is 0.398. The van der Waals surface area contributed by atoms with Crippen molar-refractivity contribution in [2.75, 3.05) is 23.9 Å². The van der Waals surface area contributed by atoms with Gasteiger partial charge in [0.15, 0.2) is 5.78 Å². The molecular formula is C33H35FN2O2. The molecule has 2 saturated carbocycles. The number of carbonyl (C=O) groups is 2. The Morgan fingerprint density at radius 2 is 1.63 bits per heavy atom. The molecule has 2 fully saturated rings. The lowest BCUT2D eigenvalue weighted by atomic mass is 9.87. The van der Waals surface area contributed by atoms with Gasteiger partial charge in [0.1, 0.15) is 5.82 Å². The number of halogens is 1. The van der Waals surface area contributed by atoms with Gasteiger partial charge in [-0.2, -0.15) is 0 Å². The lowest BCUT2D eigenvalue weighted by Gasteiger charge is -2.30. The average Bonchev–Trinajstić information content (AvgIpc) is 3.56. The van der Waals surface area contributed by atoms with E-state index in [1.165, 1.54) is 30.0 Å². The molecule has 0 spiro atoms. The second kappa shape index (κ2) is 10.9. The summed E-state index contributed by atoms with van der Waals surface area (Å²) in [7, 11) is 4.01. The van der Waals surface area contributed by atoms with Crippen molar-refractivity contribution >= 4 is 29.1 Å². The van der Waals surface area contributed by atoms with Gasteiger partial charge in [-0.15, -0.1) is 0 Å². The van der Waals surface area contributed by atoms with Crippen molar-refractivity contribution < 1.29 is 15.4 Å². The number of fused-ring (bicyclic) bond motifs is 2. The van der Waals surface area contributed by atoms with Gasteiger partial charge in [0, 0.05) is 31.4 Å². The van der Waals surface area contributed by atoms with E-state index in [2.05, 4.69) is 24.3 Å². The number of benzene rings is 3. The normalized spacial score (nSPS) is 21.4. The lowest BCUT2D eigenvalue weighted by molar-refractivity contribution is -0.124. The van der Waals surface area contributed by atoms with Crippen molar-refractivity contribution in [2.24, 2.45) is 17.8 Å². The van der Waals surface area contributed by atoms with Crippen molar-refractivity contribution in [3.8, 4) is 11.1 Å². The van der Waals surface area contributed by atoms with Crippen LogP contribution in [0, 0.1) is 23.6 Å². The number of hydrogen-bond acceptors (Lipinski definition) is 3. The third-order valence-electron chi connectivity index (χ3n) is 7.89. The van der Waals surface area contributed by atoms with Gasteiger partial charge in [-0.3, -0.25) is 9.59 Å². The third kappa shape index (κ3) is 5.72. The summed E-state index contributed by atoms with van der Waals surface area (Å²) >= 11 is 0. The van der Waals surface area contributed by atoms with Crippen LogP contribution in [0.2, 0.25) is 0 Å². The Morgan fingerprint density at radius 1 is 0.947 bits per heavy atom. The minimum atomic E-state index is -1.03. The van der Waals surface area contributed by atoms with Gasteiger partial charge in [0.05, 0.1) is 7.89 Å². The molecule has 0 aliphatic heterocycles. The first-order valence-corrected chi connectivity index (χ1v) is 13.3. The summed E-state index contributed by atoms with van der Waals surface area (Å²) in [5.41, 5.74) is 4.68. The smallest absolute Gasteiger partial charge is 0.230 e. The molecule has 0 heterocycles. The predicted molar refractivity (Wildman–Crippen MR) is 152 cm³/mol. The molecule has 196 valence electrons. The summed E-state index contributed by atoms with van der Waals surface area (Å²) in [6.07, 6.45) is 7.02. The van der Waals surface area contributed by atoms with Crippen LogP contribution in [0.15, 0.2) is 72.8 Å². The van der Waals surface area contributed by atoms with Crippen molar-refractivity contribution in [1.29, 1.82) is 0 Å². The van der Waals surface area contributed by atoms with Gasteiger partial charge in [-0.1, -0.05) is 48.9 Å². The fraction of sp³-hybridized carbons (Fsp3) is 0.333. The summed E-state index contributed by atoms with van der Waals surface area (Å²) < 4.78 is 24.0. The molecule has 4 nitrogen and oxygen atoms in total. The Balaban J connectivity index is 1.48. The molecule has 0 aromatic heterocycles. The summed E-state index contributed by atoms with van der Waals surface area (Å²) in [5, 5.41) is 0. The highest BCUT2D eigenvalue weighted by molar-refractivity contribution is 5.96. The van der Waals surface area contributed by atoms with E-state index < -0.39 is 12.3 Å². The van der Waals surface area contributed by atoms with Crippen LogP contribution in [-0.2, 0) is 16.1 Å². The maximum Gasteiger partial charge on any atom is 0.230 e. The largest absolute Gasteiger partial charge is 0.378 e. The van der Waals surface area contributed by atoms with Crippen LogP contribution in [0.1, 0.15) is 45.1 Å². The maximum absolute atomic E-state index is 14.8. The first-order valence-electron chi connectivity index (χ1n) is 13.9. The van der Waals surface area contributed by atoms with Crippen LogP contribution in [0.4, 0.5) is 15.8 Å². The molecule has 2 bridgehead atoms. The highest BCUT2D eigenvalue weighted by atomic mass is 19.1.